The molecule has 0 aromatic heterocycles. The minimum atomic E-state index is -3.01. The van der Waals surface area contributed by atoms with Crippen LogP contribution in [0.1, 0.15) is 21.5 Å². The fourth-order valence-corrected chi connectivity index (χ4v) is 1.79. The molecule has 0 aliphatic carbocycles. The molecule has 18 heavy (non-hydrogen) atoms. The summed E-state index contributed by atoms with van der Waals surface area (Å²) in [5.41, 5.74) is 0.337. The van der Waals surface area contributed by atoms with E-state index in [-0.39, 0.29) is 22.2 Å². The number of halogens is 3. The van der Waals surface area contributed by atoms with E-state index in [1.54, 1.807) is 0 Å². The second kappa shape index (κ2) is 6.31. The molecule has 1 rings (SSSR count). The lowest BCUT2D eigenvalue weighted by Crippen LogP contribution is -2.09. The Morgan fingerprint density at radius 3 is 2.67 bits per heavy atom. The van der Waals surface area contributed by atoms with Crippen molar-refractivity contribution in [1.29, 1.82) is 5.26 Å². The number of benzene rings is 1. The smallest absolute Gasteiger partial charge is 0.387 e. The molecule has 0 heterocycles. The van der Waals surface area contributed by atoms with Gasteiger partial charge in [-0.3, -0.25) is 0 Å². The Bertz CT molecular complexity index is 500. The van der Waals surface area contributed by atoms with Gasteiger partial charge < -0.3 is 9.47 Å². The van der Waals surface area contributed by atoms with Gasteiger partial charge in [-0.2, -0.15) is 14.0 Å². The van der Waals surface area contributed by atoms with E-state index in [0.29, 0.717) is 5.56 Å². The number of ether oxygens (including phenoxy) is 2. The summed E-state index contributed by atoms with van der Waals surface area (Å²) < 4.78 is 33.0. The quantitative estimate of drug-likeness (QED) is 0.632. The van der Waals surface area contributed by atoms with Gasteiger partial charge in [0, 0.05) is 5.33 Å². The summed E-state index contributed by atoms with van der Waals surface area (Å²) in [6, 6.07) is 4.16. The first kappa shape index (κ1) is 14.4. The molecule has 0 saturated carbocycles. The van der Waals surface area contributed by atoms with Crippen LogP contribution in [0.2, 0.25) is 0 Å². The molecule has 1 aromatic carbocycles. The Balaban J connectivity index is 3.37. The summed E-state index contributed by atoms with van der Waals surface area (Å²) in [5.74, 6) is -0.979. The van der Waals surface area contributed by atoms with Crippen LogP contribution in [0.25, 0.3) is 0 Å². The average molecular weight is 320 g/mol. The lowest BCUT2D eigenvalue weighted by atomic mass is 10.0. The van der Waals surface area contributed by atoms with E-state index < -0.39 is 12.6 Å². The average Bonchev–Trinajstić information content (AvgIpc) is 2.35. The first-order valence-electron chi connectivity index (χ1n) is 4.69. The molecule has 7 heteroatoms. The summed E-state index contributed by atoms with van der Waals surface area (Å²) in [6.45, 7) is -3.01. The lowest BCUT2D eigenvalue weighted by molar-refractivity contribution is -0.0499. The second-order valence-electron chi connectivity index (χ2n) is 3.12. The van der Waals surface area contributed by atoms with Crippen LogP contribution in [-0.4, -0.2) is 19.7 Å². The third kappa shape index (κ3) is 3.17. The standard InChI is InChI=1S/C11H8BrF2NO3/c1-17-10(16)8-3-7(18-11(13)14)2-6(4-12)9(8)5-15/h2-3,11H,4H2,1H3. The maximum absolute atomic E-state index is 12.1. The summed E-state index contributed by atoms with van der Waals surface area (Å²) in [5, 5.41) is 9.20. The Kier molecular flexibility index (Phi) is 5.04. The van der Waals surface area contributed by atoms with Crippen molar-refractivity contribution in [3.05, 3.63) is 28.8 Å². The molecule has 0 fully saturated rings. The van der Waals surface area contributed by atoms with E-state index in [0.717, 1.165) is 13.2 Å². The van der Waals surface area contributed by atoms with Crippen molar-refractivity contribution < 1.29 is 23.0 Å². The van der Waals surface area contributed by atoms with Gasteiger partial charge in [0.1, 0.15) is 11.8 Å². The third-order valence-electron chi connectivity index (χ3n) is 2.08. The molecule has 0 bridgehead atoms. The van der Waals surface area contributed by atoms with Crippen LogP contribution in [0, 0.1) is 11.3 Å². The molecule has 0 amide bonds. The first-order valence-corrected chi connectivity index (χ1v) is 5.81. The van der Waals surface area contributed by atoms with Crippen molar-refractivity contribution in [2.75, 3.05) is 7.11 Å². The number of alkyl halides is 3. The lowest BCUT2D eigenvalue weighted by Gasteiger charge is -2.10. The number of carbonyl (C=O) groups is 1. The molecule has 0 aliphatic rings. The van der Waals surface area contributed by atoms with Crippen molar-refractivity contribution in [1.82, 2.24) is 0 Å². The van der Waals surface area contributed by atoms with Crippen LogP contribution in [-0.2, 0) is 10.1 Å². The SMILES string of the molecule is COC(=O)c1cc(OC(F)F)cc(CBr)c1C#N. The highest BCUT2D eigenvalue weighted by Crippen LogP contribution is 2.26. The van der Waals surface area contributed by atoms with Crippen LogP contribution in [0.5, 0.6) is 5.75 Å². The van der Waals surface area contributed by atoms with Crippen LogP contribution in [0.4, 0.5) is 8.78 Å². The van der Waals surface area contributed by atoms with Gasteiger partial charge in [-0.1, -0.05) is 15.9 Å². The van der Waals surface area contributed by atoms with E-state index in [2.05, 4.69) is 25.4 Å². The van der Waals surface area contributed by atoms with Crippen molar-refractivity contribution >= 4 is 21.9 Å². The highest BCUT2D eigenvalue weighted by Gasteiger charge is 2.18. The van der Waals surface area contributed by atoms with Crippen LogP contribution >= 0.6 is 15.9 Å². The molecule has 1 aromatic rings. The first-order chi connectivity index (χ1) is 8.53. The molecule has 0 saturated heterocycles. The van der Waals surface area contributed by atoms with E-state index in [4.69, 9.17) is 5.26 Å². The fraction of sp³-hybridized carbons (Fsp3) is 0.273. The number of rotatable bonds is 4. The molecule has 4 nitrogen and oxygen atoms in total. The number of nitriles is 1. The summed E-state index contributed by atoms with van der Waals surface area (Å²) >= 11 is 3.11. The highest BCUT2D eigenvalue weighted by molar-refractivity contribution is 9.08. The third-order valence-corrected chi connectivity index (χ3v) is 2.68. The van der Waals surface area contributed by atoms with Gasteiger partial charge in [0.15, 0.2) is 0 Å². The van der Waals surface area contributed by atoms with E-state index >= 15 is 0 Å². The van der Waals surface area contributed by atoms with Crippen LogP contribution in [0.15, 0.2) is 12.1 Å². The van der Waals surface area contributed by atoms with Gasteiger partial charge in [0.05, 0.1) is 18.2 Å². The van der Waals surface area contributed by atoms with Crippen molar-refractivity contribution in [2.45, 2.75) is 11.9 Å². The van der Waals surface area contributed by atoms with Crippen LogP contribution in [0.3, 0.4) is 0 Å². The van der Waals surface area contributed by atoms with E-state index in [1.807, 2.05) is 6.07 Å². The van der Waals surface area contributed by atoms with E-state index in [1.165, 1.54) is 6.07 Å². The number of methoxy groups -OCH3 is 1. The summed E-state index contributed by atoms with van der Waals surface area (Å²) in [6.07, 6.45) is 0. The van der Waals surface area contributed by atoms with Crippen molar-refractivity contribution in [3.8, 4) is 11.8 Å². The van der Waals surface area contributed by atoms with Gasteiger partial charge in [-0.15, -0.1) is 0 Å². The van der Waals surface area contributed by atoms with Gasteiger partial charge in [0.2, 0.25) is 0 Å². The van der Waals surface area contributed by atoms with Gasteiger partial charge in [-0.25, -0.2) is 4.79 Å². The largest absolute Gasteiger partial charge is 0.465 e. The molecular weight excluding hydrogens is 312 g/mol. The molecule has 0 spiro atoms. The zero-order valence-corrected chi connectivity index (χ0v) is 10.8. The van der Waals surface area contributed by atoms with Gasteiger partial charge in [0.25, 0.3) is 0 Å². The molecule has 0 radical (unpaired) electrons. The predicted molar refractivity (Wildman–Crippen MR) is 61.8 cm³/mol. The maximum Gasteiger partial charge on any atom is 0.387 e. The molecular formula is C11H8BrF2NO3. The normalized spacial score (nSPS) is 10.0. The van der Waals surface area contributed by atoms with Gasteiger partial charge in [-0.05, 0) is 17.7 Å². The fourth-order valence-electron chi connectivity index (χ4n) is 1.35. The number of nitrogens with zero attached hydrogens (tertiary/aromatic N) is 1. The second-order valence-corrected chi connectivity index (χ2v) is 3.68. The molecule has 0 N–H and O–H groups in total. The Labute approximate surface area is 110 Å². The summed E-state index contributed by atoms with van der Waals surface area (Å²) in [4.78, 5) is 11.5. The van der Waals surface area contributed by atoms with Gasteiger partial charge >= 0.3 is 12.6 Å². The zero-order chi connectivity index (χ0) is 13.7. The Morgan fingerprint density at radius 1 is 1.56 bits per heavy atom. The number of esters is 1. The van der Waals surface area contributed by atoms with E-state index in [9.17, 15) is 13.6 Å². The van der Waals surface area contributed by atoms with Crippen molar-refractivity contribution in [3.63, 3.8) is 0 Å². The number of carbonyl (C=O) groups excluding carboxylic acids is 1. The molecule has 0 atom stereocenters. The number of hydrogen-bond acceptors (Lipinski definition) is 4. The Morgan fingerprint density at radius 2 is 2.22 bits per heavy atom. The topological polar surface area (TPSA) is 59.3 Å². The zero-order valence-electron chi connectivity index (χ0n) is 9.25. The minimum Gasteiger partial charge on any atom is -0.465 e. The summed E-state index contributed by atoms with van der Waals surface area (Å²) in [7, 11) is 1.14. The minimum absolute atomic E-state index is 0.0698. The number of hydrogen-bond donors (Lipinski definition) is 0. The molecule has 96 valence electrons. The molecule has 0 aliphatic heterocycles. The molecule has 0 unspecified atom stereocenters. The van der Waals surface area contributed by atoms with Crippen LogP contribution < -0.4 is 4.74 Å². The Hall–Kier alpha value is -1.68. The predicted octanol–water partition coefficient (Wildman–Crippen LogP) is 2.84. The highest BCUT2D eigenvalue weighted by atomic mass is 79.9. The van der Waals surface area contributed by atoms with Crippen molar-refractivity contribution in [2.24, 2.45) is 0 Å². The monoisotopic (exact) mass is 319 g/mol. The maximum atomic E-state index is 12.1.